The van der Waals surface area contributed by atoms with Crippen LogP contribution in [0.3, 0.4) is 0 Å². The minimum atomic E-state index is -0.315. The van der Waals surface area contributed by atoms with Gasteiger partial charge in [0.1, 0.15) is 0 Å². The maximum Gasteiger partial charge on any atom is 0.298 e. The zero-order valence-corrected chi connectivity index (χ0v) is 16.0. The van der Waals surface area contributed by atoms with E-state index in [2.05, 4.69) is 4.90 Å². The molecular weight excluding hydrogens is 384 g/mol. The highest BCUT2D eigenvalue weighted by atomic mass is 35.5. The third-order valence-corrected chi connectivity index (χ3v) is 5.57. The molecule has 2 aliphatic rings. The van der Waals surface area contributed by atoms with Gasteiger partial charge in [-0.2, -0.15) is 0 Å². The van der Waals surface area contributed by atoms with E-state index in [0.717, 1.165) is 49.3 Å². The molecule has 0 spiro atoms. The van der Waals surface area contributed by atoms with Gasteiger partial charge in [0.05, 0.1) is 23.8 Å². The van der Waals surface area contributed by atoms with Crippen LogP contribution in [0.15, 0.2) is 53.4 Å². The van der Waals surface area contributed by atoms with E-state index >= 15 is 0 Å². The van der Waals surface area contributed by atoms with Crippen molar-refractivity contribution in [2.75, 3.05) is 36.1 Å². The van der Waals surface area contributed by atoms with Gasteiger partial charge in [-0.1, -0.05) is 23.7 Å². The van der Waals surface area contributed by atoms with Crippen LogP contribution in [0.2, 0.25) is 5.02 Å². The number of halogens is 1. The second-order valence-electron chi connectivity index (χ2n) is 6.18. The first-order valence-corrected chi connectivity index (χ1v) is 9.77. The fourth-order valence-electron chi connectivity index (χ4n) is 3.03. The van der Waals surface area contributed by atoms with Gasteiger partial charge in [-0.3, -0.25) is 9.59 Å². The van der Waals surface area contributed by atoms with Crippen molar-refractivity contribution in [3.8, 4) is 0 Å². The number of hydrogen-bond donors (Lipinski definition) is 0. The van der Waals surface area contributed by atoms with E-state index in [0.29, 0.717) is 15.6 Å². The predicted octanol–water partition coefficient (Wildman–Crippen LogP) is 4.42. The maximum absolute atomic E-state index is 12.7. The van der Waals surface area contributed by atoms with Crippen molar-refractivity contribution in [2.45, 2.75) is 0 Å². The van der Waals surface area contributed by atoms with E-state index in [1.165, 1.54) is 4.90 Å². The molecule has 2 saturated heterocycles. The van der Waals surface area contributed by atoms with E-state index in [-0.39, 0.29) is 11.1 Å². The monoisotopic (exact) mass is 400 g/mol. The summed E-state index contributed by atoms with van der Waals surface area (Å²) in [5.41, 5.74) is 2.53. The summed E-state index contributed by atoms with van der Waals surface area (Å²) in [7, 11) is 0. The Bertz CT molecular complexity index is 890. The molecule has 0 N–H and O–H groups in total. The van der Waals surface area contributed by atoms with E-state index in [9.17, 15) is 9.59 Å². The largest absolute Gasteiger partial charge is 0.378 e. The van der Waals surface area contributed by atoms with Crippen molar-refractivity contribution in [1.82, 2.24) is 0 Å². The first-order valence-electron chi connectivity index (χ1n) is 8.58. The van der Waals surface area contributed by atoms with Crippen molar-refractivity contribution in [2.24, 2.45) is 0 Å². The van der Waals surface area contributed by atoms with Crippen molar-refractivity contribution >= 4 is 52.0 Å². The molecule has 2 aliphatic heterocycles. The predicted molar refractivity (Wildman–Crippen MR) is 109 cm³/mol. The van der Waals surface area contributed by atoms with Crippen LogP contribution in [0.4, 0.5) is 16.2 Å². The van der Waals surface area contributed by atoms with Crippen molar-refractivity contribution in [1.29, 1.82) is 0 Å². The first-order chi connectivity index (χ1) is 13.1. The van der Waals surface area contributed by atoms with Gasteiger partial charge in [-0.15, -0.1) is 0 Å². The lowest BCUT2D eigenvalue weighted by atomic mass is 10.1. The van der Waals surface area contributed by atoms with Gasteiger partial charge < -0.3 is 9.64 Å². The summed E-state index contributed by atoms with van der Waals surface area (Å²) in [6, 6.07) is 14.6. The number of morpholine rings is 1. The summed E-state index contributed by atoms with van der Waals surface area (Å²) in [6.07, 6.45) is 1.75. The lowest BCUT2D eigenvalue weighted by Gasteiger charge is -2.28. The maximum atomic E-state index is 12.7. The van der Waals surface area contributed by atoms with Crippen LogP contribution in [0, 0.1) is 0 Å². The fourth-order valence-corrected chi connectivity index (χ4v) is 4.00. The zero-order chi connectivity index (χ0) is 18.8. The lowest BCUT2D eigenvalue weighted by Crippen LogP contribution is -2.36. The van der Waals surface area contributed by atoms with Crippen LogP contribution in [0.25, 0.3) is 6.08 Å². The fraction of sp³-hybridized carbons (Fsp3) is 0.200. The molecule has 0 unspecified atom stereocenters. The van der Waals surface area contributed by atoms with Crippen molar-refractivity contribution < 1.29 is 14.3 Å². The number of hydrogen-bond acceptors (Lipinski definition) is 5. The van der Waals surface area contributed by atoms with Gasteiger partial charge >= 0.3 is 0 Å². The average Bonchev–Trinajstić information content (AvgIpc) is 2.97. The van der Waals surface area contributed by atoms with Gasteiger partial charge in [0.2, 0.25) is 0 Å². The van der Waals surface area contributed by atoms with Gasteiger partial charge in [0.15, 0.2) is 0 Å². The highest BCUT2D eigenvalue weighted by Gasteiger charge is 2.36. The molecule has 4 rings (SSSR count). The molecule has 7 heteroatoms. The topological polar surface area (TPSA) is 49.9 Å². The molecule has 2 fully saturated rings. The van der Waals surface area contributed by atoms with Crippen LogP contribution in [0.1, 0.15) is 5.56 Å². The Hall–Kier alpha value is -2.28. The summed E-state index contributed by atoms with van der Waals surface area (Å²) in [5, 5.41) is 0.250. The first kappa shape index (κ1) is 18.1. The second-order valence-corrected chi connectivity index (χ2v) is 7.61. The number of thioether (sulfide) groups is 1. The number of anilines is 2. The summed E-state index contributed by atoms with van der Waals surface area (Å²) in [6.45, 7) is 3.22. The SMILES string of the molecule is O=C1S/C(=C/c2ccc(N3CCOCC3)cc2)C(=O)N1c1ccc(Cl)cc1. The number of ether oxygens (including phenoxy) is 1. The Morgan fingerprint density at radius 3 is 2.22 bits per heavy atom. The summed E-state index contributed by atoms with van der Waals surface area (Å²) < 4.78 is 5.37. The molecule has 2 aromatic rings. The minimum Gasteiger partial charge on any atom is -0.378 e. The Balaban J connectivity index is 1.53. The third kappa shape index (κ3) is 3.88. The average molecular weight is 401 g/mol. The minimum absolute atomic E-state index is 0.307. The Kier molecular flexibility index (Phi) is 5.20. The van der Waals surface area contributed by atoms with Crippen molar-refractivity contribution in [3.63, 3.8) is 0 Å². The molecule has 5 nitrogen and oxygen atoms in total. The van der Waals surface area contributed by atoms with Gasteiger partial charge in [0.25, 0.3) is 11.1 Å². The smallest absolute Gasteiger partial charge is 0.298 e. The molecule has 0 saturated carbocycles. The Morgan fingerprint density at radius 2 is 1.56 bits per heavy atom. The standard InChI is InChI=1S/C20H17ClN2O3S/c21-15-3-7-17(8-4-15)23-19(24)18(27-20(23)25)13-14-1-5-16(6-2-14)22-9-11-26-12-10-22/h1-8,13H,9-12H2/b18-13+. The molecule has 27 heavy (non-hydrogen) atoms. The molecule has 138 valence electrons. The van der Waals surface area contributed by atoms with Gasteiger partial charge in [0, 0.05) is 23.8 Å². The summed E-state index contributed by atoms with van der Waals surface area (Å²) >= 11 is 6.83. The second kappa shape index (κ2) is 7.76. The van der Waals surface area contributed by atoms with Crippen LogP contribution >= 0.6 is 23.4 Å². The van der Waals surface area contributed by atoms with Crippen LogP contribution < -0.4 is 9.80 Å². The van der Waals surface area contributed by atoms with E-state index in [4.69, 9.17) is 16.3 Å². The highest BCUT2D eigenvalue weighted by Crippen LogP contribution is 2.36. The Morgan fingerprint density at radius 1 is 0.926 bits per heavy atom. The number of carbonyl (C=O) groups excluding carboxylic acids is 2. The molecule has 2 amide bonds. The summed E-state index contributed by atoms with van der Waals surface area (Å²) in [5.74, 6) is -0.315. The van der Waals surface area contributed by atoms with E-state index in [1.54, 1.807) is 30.3 Å². The molecule has 0 atom stereocenters. The van der Waals surface area contributed by atoms with Crippen LogP contribution in [-0.4, -0.2) is 37.4 Å². The highest BCUT2D eigenvalue weighted by molar-refractivity contribution is 8.19. The molecule has 0 bridgehead atoms. The van der Waals surface area contributed by atoms with Gasteiger partial charge in [-0.25, -0.2) is 4.90 Å². The lowest BCUT2D eigenvalue weighted by molar-refractivity contribution is -0.113. The van der Waals surface area contributed by atoms with Crippen LogP contribution in [0.5, 0.6) is 0 Å². The van der Waals surface area contributed by atoms with E-state index in [1.807, 2.05) is 24.3 Å². The molecule has 0 aromatic heterocycles. The third-order valence-electron chi connectivity index (χ3n) is 4.45. The molecule has 2 heterocycles. The van der Waals surface area contributed by atoms with Gasteiger partial charge in [-0.05, 0) is 59.8 Å². The molecule has 0 radical (unpaired) electrons. The number of nitrogens with zero attached hydrogens (tertiary/aromatic N) is 2. The summed E-state index contributed by atoms with van der Waals surface area (Å²) in [4.78, 5) is 28.8. The van der Waals surface area contributed by atoms with Crippen LogP contribution in [-0.2, 0) is 9.53 Å². The number of amides is 2. The number of imide groups is 1. The zero-order valence-electron chi connectivity index (χ0n) is 14.4. The van der Waals surface area contributed by atoms with E-state index < -0.39 is 0 Å². The number of benzene rings is 2. The molecule has 0 aliphatic carbocycles. The Labute approximate surface area is 166 Å². The molecular formula is C20H17ClN2O3S. The van der Waals surface area contributed by atoms with Crippen molar-refractivity contribution in [3.05, 3.63) is 64.0 Å². The molecule has 2 aromatic carbocycles. The number of rotatable bonds is 3. The quantitative estimate of drug-likeness (QED) is 0.714. The normalized spacial score (nSPS) is 19.2. The number of carbonyl (C=O) groups is 2.